The van der Waals surface area contributed by atoms with Crippen molar-refractivity contribution >= 4 is 16.7 Å². The van der Waals surface area contributed by atoms with Gasteiger partial charge in [0.15, 0.2) is 0 Å². The molecule has 5 heteroatoms. The molecule has 0 saturated carbocycles. The molecule has 20 heavy (non-hydrogen) atoms. The lowest BCUT2D eigenvalue weighted by Gasteiger charge is -2.11. The van der Waals surface area contributed by atoms with Gasteiger partial charge in [0.1, 0.15) is 5.82 Å². The fourth-order valence-corrected chi connectivity index (χ4v) is 2.00. The van der Waals surface area contributed by atoms with Gasteiger partial charge in [-0.15, -0.1) is 0 Å². The van der Waals surface area contributed by atoms with Crippen molar-refractivity contribution in [1.29, 1.82) is 5.26 Å². The maximum absolute atomic E-state index is 9.56. The van der Waals surface area contributed by atoms with Crippen LogP contribution in [0.5, 0.6) is 0 Å². The summed E-state index contributed by atoms with van der Waals surface area (Å²) in [6.45, 7) is 0.886. The normalized spacial score (nSPS) is 12.1. The topological polar surface area (TPSA) is 78.2 Å². The Kier molecular flexibility index (Phi) is 4.88. The first kappa shape index (κ1) is 14.3. The summed E-state index contributed by atoms with van der Waals surface area (Å²) in [4.78, 5) is 4.45. The first-order valence-electron chi connectivity index (χ1n) is 6.45. The van der Waals surface area contributed by atoms with Crippen molar-refractivity contribution in [2.75, 3.05) is 25.6 Å². The van der Waals surface area contributed by atoms with Gasteiger partial charge in [-0.25, -0.2) is 4.98 Å². The van der Waals surface area contributed by atoms with Crippen LogP contribution in [-0.2, 0) is 4.74 Å². The van der Waals surface area contributed by atoms with Gasteiger partial charge in [0.2, 0.25) is 0 Å². The maximum Gasteiger partial charge on any atom is 0.127 e. The van der Waals surface area contributed by atoms with E-state index in [0.717, 1.165) is 10.9 Å². The number of ether oxygens (including phenoxy) is 1. The monoisotopic (exact) mass is 271 g/mol. The van der Waals surface area contributed by atoms with E-state index in [4.69, 9.17) is 4.74 Å². The zero-order valence-corrected chi connectivity index (χ0v) is 11.3. The molecule has 2 N–H and O–H groups in total. The van der Waals surface area contributed by atoms with E-state index < -0.39 is 6.10 Å². The third kappa shape index (κ3) is 3.44. The van der Waals surface area contributed by atoms with Gasteiger partial charge in [-0.1, -0.05) is 18.2 Å². The van der Waals surface area contributed by atoms with E-state index in [2.05, 4.69) is 16.4 Å². The summed E-state index contributed by atoms with van der Waals surface area (Å²) in [5.74, 6) is 0.643. The van der Waals surface area contributed by atoms with Crippen molar-refractivity contribution in [2.24, 2.45) is 0 Å². The minimum absolute atomic E-state index is 0.316. The lowest BCUT2D eigenvalue weighted by molar-refractivity contribution is 0.0615. The maximum atomic E-state index is 9.56. The molecule has 1 atom stereocenters. The van der Waals surface area contributed by atoms with Crippen molar-refractivity contribution in [1.82, 2.24) is 4.98 Å². The second kappa shape index (κ2) is 6.85. The summed E-state index contributed by atoms with van der Waals surface area (Å²) in [5.41, 5.74) is 1.38. The Morgan fingerprint density at radius 1 is 1.45 bits per heavy atom. The average molecular weight is 271 g/mol. The molecule has 2 rings (SSSR count). The highest BCUT2D eigenvalue weighted by Crippen LogP contribution is 2.19. The van der Waals surface area contributed by atoms with E-state index in [0.29, 0.717) is 31.0 Å². The Morgan fingerprint density at radius 2 is 2.25 bits per heavy atom. The van der Waals surface area contributed by atoms with Crippen LogP contribution < -0.4 is 5.32 Å². The number of rotatable bonds is 6. The highest BCUT2D eigenvalue weighted by atomic mass is 16.5. The molecule has 0 aliphatic heterocycles. The second-order valence-corrected chi connectivity index (χ2v) is 4.51. The third-order valence-electron chi connectivity index (χ3n) is 2.98. The number of nitrogens with one attached hydrogen (secondary N) is 1. The fourth-order valence-electron chi connectivity index (χ4n) is 2.00. The molecule has 2 aromatic rings. The Hall–Kier alpha value is -2.16. The van der Waals surface area contributed by atoms with Crippen LogP contribution in [0.15, 0.2) is 30.3 Å². The summed E-state index contributed by atoms with van der Waals surface area (Å²) >= 11 is 0. The summed E-state index contributed by atoms with van der Waals surface area (Å²) in [6, 6.07) is 11.4. The number of nitriles is 1. The van der Waals surface area contributed by atoms with Gasteiger partial charge >= 0.3 is 0 Å². The van der Waals surface area contributed by atoms with Gasteiger partial charge in [-0.2, -0.15) is 5.26 Å². The van der Waals surface area contributed by atoms with E-state index in [1.165, 1.54) is 0 Å². The molecule has 0 aliphatic carbocycles. The van der Waals surface area contributed by atoms with Crippen LogP contribution >= 0.6 is 0 Å². The van der Waals surface area contributed by atoms with Crippen LogP contribution in [0.2, 0.25) is 0 Å². The number of nitrogens with zero attached hydrogens (tertiary/aromatic N) is 2. The molecule has 104 valence electrons. The molecule has 0 fully saturated rings. The van der Waals surface area contributed by atoms with E-state index in [1.54, 1.807) is 13.2 Å². The number of pyridine rings is 1. The molecule has 0 amide bonds. The van der Waals surface area contributed by atoms with Crippen molar-refractivity contribution in [2.45, 2.75) is 12.5 Å². The van der Waals surface area contributed by atoms with Crippen LogP contribution in [0, 0.1) is 11.3 Å². The largest absolute Gasteiger partial charge is 0.391 e. The molecule has 1 aromatic heterocycles. The van der Waals surface area contributed by atoms with E-state index in [-0.39, 0.29) is 0 Å². The lowest BCUT2D eigenvalue weighted by Crippen LogP contribution is -2.18. The Balaban J connectivity index is 2.09. The highest BCUT2D eigenvalue weighted by Gasteiger charge is 2.06. The summed E-state index contributed by atoms with van der Waals surface area (Å²) in [5, 5.41) is 22.7. The molecule has 0 aliphatic rings. The number of hydrogen-bond donors (Lipinski definition) is 2. The number of para-hydroxylation sites is 1. The molecule has 5 nitrogen and oxygen atoms in total. The van der Waals surface area contributed by atoms with Crippen LogP contribution in [0.25, 0.3) is 10.9 Å². The van der Waals surface area contributed by atoms with Crippen molar-refractivity contribution in [3.63, 3.8) is 0 Å². The number of methoxy groups -OCH3 is 1. The molecular formula is C15H17N3O2. The molecule has 0 radical (unpaired) electrons. The Bertz CT molecular complexity index is 622. The molecule has 1 unspecified atom stereocenters. The first-order chi connectivity index (χ1) is 9.74. The van der Waals surface area contributed by atoms with Crippen LogP contribution in [0.3, 0.4) is 0 Å². The Morgan fingerprint density at radius 3 is 3.00 bits per heavy atom. The molecule has 0 spiro atoms. The van der Waals surface area contributed by atoms with Gasteiger partial charge in [0.25, 0.3) is 0 Å². The number of aliphatic hydroxyl groups is 1. The van der Waals surface area contributed by atoms with Crippen molar-refractivity contribution < 1.29 is 9.84 Å². The predicted octanol–water partition coefficient (Wildman–Crippen LogP) is 1.92. The molecular weight excluding hydrogens is 254 g/mol. The number of benzene rings is 1. The van der Waals surface area contributed by atoms with Crippen LogP contribution in [-0.4, -0.2) is 36.5 Å². The average Bonchev–Trinajstić information content (AvgIpc) is 2.46. The number of hydrogen-bond acceptors (Lipinski definition) is 5. The zero-order valence-electron chi connectivity index (χ0n) is 11.3. The first-order valence-corrected chi connectivity index (χ1v) is 6.45. The van der Waals surface area contributed by atoms with Crippen LogP contribution in [0.1, 0.15) is 12.0 Å². The Labute approximate surface area is 117 Å². The summed E-state index contributed by atoms with van der Waals surface area (Å²) in [6.07, 6.45) is 0.0629. The fraction of sp³-hybridized carbons (Fsp3) is 0.333. The van der Waals surface area contributed by atoms with Gasteiger partial charge in [0.05, 0.1) is 29.9 Å². The molecule has 1 aromatic carbocycles. The number of aliphatic hydroxyl groups excluding tert-OH is 1. The molecule has 0 saturated heterocycles. The van der Waals surface area contributed by atoms with Gasteiger partial charge in [-0.3, -0.25) is 0 Å². The minimum Gasteiger partial charge on any atom is -0.391 e. The van der Waals surface area contributed by atoms with Crippen molar-refractivity contribution in [3.05, 3.63) is 35.9 Å². The summed E-state index contributed by atoms with van der Waals surface area (Å²) in [7, 11) is 1.56. The van der Waals surface area contributed by atoms with E-state index in [9.17, 15) is 10.4 Å². The molecule has 0 bridgehead atoms. The standard InChI is InChI=1S/C15H17N3O2/c1-20-10-12(19)6-7-17-15-8-11(9-16)13-4-2-3-5-14(13)18-15/h2-5,8,12,19H,6-7,10H2,1H3,(H,17,18). The van der Waals surface area contributed by atoms with Gasteiger partial charge in [-0.05, 0) is 18.6 Å². The smallest absolute Gasteiger partial charge is 0.127 e. The number of aromatic nitrogens is 1. The van der Waals surface area contributed by atoms with E-state index >= 15 is 0 Å². The molecule has 1 heterocycles. The van der Waals surface area contributed by atoms with Gasteiger partial charge in [0, 0.05) is 19.0 Å². The van der Waals surface area contributed by atoms with Crippen molar-refractivity contribution in [3.8, 4) is 6.07 Å². The van der Waals surface area contributed by atoms with Crippen LogP contribution in [0.4, 0.5) is 5.82 Å². The van der Waals surface area contributed by atoms with Gasteiger partial charge < -0.3 is 15.2 Å². The third-order valence-corrected chi connectivity index (χ3v) is 2.98. The number of anilines is 1. The predicted molar refractivity (Wildman–Crippen MR) is 77.4 cm³/mol. The second-order valence-electron chi connectivity index (χ2n) is 4.51. The SMILES string of the molecule is COCC(O)CCNc1cc(C#N)c2ccccc2n1. The van der Waals surface area contributed by atoms with E-state index in [1.807, 2.05) is 24.3 Å². The highest BCUT2D eigenvalue weighted by molar-refractivity contribution is 5.86. The zero-order chi connectivity index (χ0) is 14.4. The number of fused-ring (bicyclic) bond motifs is 1. The summed E-state index contributed by atoms with van der Waals surface area (Å²) < 4.78 is 4.86. The minimum atomic E-state index is -0.497. The lowest BCUT2D eigenvalue weighted by atomic mass is 10.1. The quantitative estimate of drug-likeness (QED) is 0.839.